The molecule has 0 spiro atoms. The van der Waals surface area contributed by atoms with Crippen molar-refractivity contribution in [2.24, 2.45) is 0 Å². The molecule has 2 saturated heterocycles. The molecule has 0 aromatic carbocycles. The van der Waals surface area contributed by atoms with Crippen LogP contribution in [0.25, 0.3) is 0 Å². The minimum Gasteiger partial charge on any atom is -0.475 e. The Bertz CT molecular complexity index is 535. The maximum Gasteiger partial charge on any atom is 0.256 e. The second kappa shape index (κ2) is 6.84. The number of fused-ring (bicyclic) bond motifs is 2. The third-order valence-corrected chi connectivity index (χ3v) is 4.71. The van der Waals surface area contributed by atoms with Crippen molar-refractivity contribution in [1.82, 2.24) is 14.8 Å². The summed E-state index contributed by atoms with van der Waals surface area (Å²) >= 11 is 0. The van der Waals surface area contributed by atoms with Crippen LogP contribution in [0.15, 0.2) is 18.3 Å². The number of nitrogens with zero attached hydrogens (tertiary/aromatic N) is 3. The number of rotatable bonds is 6. The zero-order valence-corrected chi connectivity index (χ0v) is 14.1. The van der Waals surface area contributed by atoms with Crippen molar-refractivity contribution in [3.63, 3.8) is 0 Å². The van der Waals surface area contributed by atoms with E-state index in [0.717, 1.165) is 19.5 Å². The molecular weight excluding hydrogens is 294 g/mol. The Balaban J connectivity index is 1.59. The molecule has 0 aliphatic carbocycles. The zero-order chi connectivity index (χ0) is 16.4. The molecule has 0 radical (unpaired) electrons. The lowest BCUT2D eigenvalue weighted by Gasteiger charge is -2.57. The highest BCUT2D eigenvalue weighted by molar-refractivity contribution is 5.95. The van der Waals surface area contributed by atoms with Crippen molar-refractivity contribution < 1.29 is 14.3 Å². The lowest BCUT2D eigenvalue weighted by Crippen LogP contribution is -2.70. The fourth-order valence-corrected chi connectivity index (χ4v) is 3.37. The first-order valence-corrected chi connectivity index (χ1v) is 8.24. The third kappa shape index (κ3) is 3.33. The number of piperazine rings is 1. The van der Waals surface area contributed by atoms with Gasteiger partial charge in [0.15, 0.2) is 0 Å². The number of amides is 1. The van der Waals surface area contributed by atoms with E-state index in [0.29, 0.717) is 42.8 Å². The van der Waals surface area contributed by atoms with E-state index >= 15 is 0 Å². The summed E-state index contributed by atoms with van der Waals surface area (Å²) in [5.41, 5.74) is 0.636. The lowest BCUT2D eigenvalue weighted by molar-refractivity contribution is -0.0563. The molecule has 2 fully saturated rings. The average Bonchev–Trinajstić information content (AvgIpc) is 2.55. The fourth-order valence-electron chi connectivity index (χ4n) is 3.37. The molecule has 126 valence electrons. The van der Waals surface area contributed by atoms with E-state index in [1.807, 2.05) is 4.90 Å². The summed E-state index contributed by atoms with van der Waals surface area (Å²) in [6.07, 6.45) is 2.74. The summed E-state index contributed by atoms with van der Waals surface area (Å²) in [5.74, 6) is 0.610. The number of aromatic nitrogens is 1. The van der Waals surface area contributed by atoms with Crippen LogP contribution in [0.1, 0.15) is 30.6 Å². The van der Waals surface area contributed by atoms with Gasteiger partial charge in [0.1, 0.15) is 6.61 Å². The number of carbonyl (C=O) groups excluding carboxylic acids is 1. The minimum absolute atomic E-state index is 0.0885. The lowest BCUT2D eigenvalue weighted by atomic mass is 9.86. The number of hydrogen-bond acceptors (Lipinski definition) is 5. The molecule has 6 nitrogen and oxygen atoms in total. The van der Waals surface area contributed by atoms with Gasteiger partial charge in [-0.05, 0) is 26.3 Å². The Morgan fingerprint density at radius 1 is 1.30 bits per heavy atom. The van der Waals surface area contributed by atoms with Crippen LogP contribution in [0.3, 0.4) is 0 Å². The topological polar surface area (TPSA) is 54.9 Å². The Labute approximate surface area is 137 Å². The van der Waals surface area contributed by atoms with E-state index in [9.17, 15) is 4.79 Å². The van der Waals surface area contributed by atoms with Crippen molar-refractivity contribution in [1.29, 1.82) is 0 Å². The molecule has 2 atom stereocenters. The summed E-state index contributed by atoms with van der Waals surface area (Å²) in [6, 6.07) is 4.79. The van der Waals surface area contributed by atoms with Crippen molar-refractivity contribution in [2.45, 2.75) is 38.4 Å². The predicted octanol–water partition coefficient (Wildman–Crippen LogP) is 1.41. The Morgan fingerprint density at radius 3 is 2.61 bits per heavy atom. The Hall–Kier alpha value is -1.66. The van der Waals surface area contributed by atoms with Crippen molar-refractivity contribution in [2.75, 3.05) is 33.4 Å². The maximum atomic E-state index is 12.7. The SMILES string of the molecule is COCCOc1ccc(C(=O)N2C3CC2CN(C(C)C)C3)cn1. The number of methoxy groups -OCH3 is 1. The van der Waals surface area contributed by atoms with Crippen LogP contribution in [-0.2, 0) is 4.74 Å². The van der Waals surface area contributed by atoms with E-state index in [-0.39, 0.29) is 5.91 Å². The number of likely N-dealkylation sites (tertiary alicyclic amines) is 2. The van der Waals surface area contributed by atoms with Gasteiger partial charge in [0, 0.05) is 50.6 Å². The molecule has 2 aliphatic heterocycles. The maximum absolute atomic E-state index is 12.7. The monoisotopic (exact) mass is 319 g/mol. The summed E-state index contributed by atoms with van der Waals surface area (Å²) in [7, 11) is 1.63. The first-order chi connectivity index (χ1) is 11.1. The number of pyridine rings is 1. The van der Waals surface area contributed by atoms with Crippen molar-refractivity contribution >= 4 is 5.91 Å². The third-order valence-electron chi connectivity index (χ3n) is 4.71. The standard InChI is InChI=1S/C17H25N3O3/c1-12(2)19-10-14-8-15(11-19)20(14)17(21)13-4-5-16(18-9-13)23-7-6-22-3/h4-5,9,12,14-15H,6-8,10-11H2,1-3H3. The largest absolute Gasteiger partial charge is 0.475 e. The molecular formula is C17H25N3O3. The predicted molar refractivity (Wildman–Crippen MR) is 86.7 cm³/mol. The van der Waals surface area contributed by atoms with E-state index < -0.39 is 0 Å². The number of carbonyl (C=O) groups is 1. The van der Waals surface area contributed by atoms with Crippen LogP contribution in [0.5, 0.6) is 5.88 Å². The number of piperidine rings is 1. The van der Waals surface area contributed by atoms with Crippen LogP contribution in [0.4, 0.5) is 0 Å². The smallest absolute Gasteiger partial charge is 0.256 e. The minimum atomic E-state index is 0.0885. The van der Waals surface area contributed by atoms with E-state index in [4.69, 9.17) is 9.47 Å². The zero-order valence-electron chi connectivity index (χ0n) is 14.1. The number of hydrogen-bond donors (Lipinski definition) is 0. The summed E-state index contributed by atoms with van der Waals surface area (Å²) in [5, 5.41) is 0. The van der Waals surface area contributed by atoms with Gasteiger partial charge in [0.05, 0.1) is 12.2 Å². The summed E-state index contributed by atoms with van der Waals surface area (Å²) in [4.78, 5) is 21.4. The fraction of sp³-hybridized carbons (Fsp3) is 0.647. The highest BCUT2D eigenvalue weighted by Crippen LogP contribution is 2.34. The van der Waals surface area contributed by atoms with E-state index in [1.54, 1.807) is 25.4 Å². The van der Waals surface area contributed by atoms with Gasteiger partial charge in [-0.2, -0.15) is 0 Å². The normalized spacial score (nSPS) is 23.7. The van der Waals surface area contributed by atoms with Gasteiger partial charge in [-0.1, -0.05) is 0 Å². The van der Waals surface area contributed by atoms with Crippen LogP contribution in [0, 0.1) is 0 Å². The summed E-state index contributed by atoms with van der Waals surface area (Å²) in [6.45, 7) is 7.35. The Kier molecular flexibility index (Phi) is 4.82. The van der Waals surface area contributed by atoms with Gasteiger partial charge in [0.25, 0.3) is 5.91 Å². The molecule has 1 aromatic rings. The molecule has 2 bridgehead atoms. The Morgan fingerprint density at radius 2 is 2.04 bits per heavy atom. The van der Waals surface area contributed by atoms with Gasteiger partial charge in [-0.15, -0.1) is 0 Å². The highest BCUT2D eigenvalue weighted by Gasteiger charge is 2.47. The van der Waals surface area contributed by atoms with Gasteiger partial charge < -0.3 is 14.4 Å². The molecule has 3 rings (SSSR count). The molecule has 0 saturated carbocycles. The average molecular weight is 319 g/mol. The van der Waals surface area contributed by atoms with Crippen LogP contribution in [0.2, 0.25) is 0 Å². The molecule has 6 heteroatoms. The molecule has 1 amide bonds. The van der Waals surface area contributed by atoms with Gasteiger partial charge in [-0.25, -0.2) is 4.98 Å². The van der Waals surface area contributed by atoms with Gasteiger partial charge in [-0.3, -0.25) is 9.69 Å². The van der Waals surface area contributed by atoms with Gasteiger partial charge >= 0.3 is 0 Å². The quantitative estimate of drug-likeness (QED) is 0.742. The summed E-state index contributed by atoms with van der Waals surface area (Å²) < 4.78 is 10.4. The van der Waals surface area contributed by atoms with Crippen LogP contribution >= 0.6 is 0 Å². The molecule has 3 heterocycles. The van der Waals surface area contributed by atoms with Crippen LogP contribution < -0.4 is 4.74 Å². The first-order valence-electron chi connectivity index (χ1n) is 8.24. The second-order valence-corrected chi connectivity index (χ2v) is 6.53. The van der Waals surface area contributed by atoms with E-state index in [2.05, 4.69) is 23.7 Å². The molecule has 1 aromatic heterocycles. The second-order valence-electron chi connectivity index (χ2n) is 6.53. The molecule has 0 N–H and O–H groups in total. The van der Waals surface area contributed by atoms with E-state index in [1.165, 1.54) is 0 Å². The highest BCUT2D eigenvalue weighted by atomic mass is 16.5. The molecule has 23 heavy (non-hydrogen) atoms. The first kappa shape index (κ1) is 16.2. The van der Waals surface area contributed by atoms with Crippen LogP contribution in [-0.4, -0.2) is 72.2 Å². The van der Waals surface area contributed by atoms with Crippen molar-refractivity contribution in [3.05, 3.63) is 23.9 Å². The number of ether oxygens (including phenoxy) is 2. The van der Waals surface area contributed by atoms with Gasteiger partial charge in [0.2, 0.25) is 5.88 Å². The molecule has 2 aliphatic rings. The van der Waals surface area contributed by atoms with Crippen molar-refractivity contribution in [3.8, 4) is 5.88 Å². The molecule has 2 unspecified atom stereocenters.